The molecule has 0 radical (unpaired) electrons. The molecule has 1 amide bonds. The first-order valence-electron chi connectivity index (χ1n) is 9.58. The fourth-order valence-electron chi connectivity index (χ4n) is 2.90. The summed E-state index contributed by atoms with van der Waals surface area (Å²) in [6.45, 7) is 0.658. The number of rotatable bonds is 8. The van der Waals surface area contributed by atoms with Crippen LogP contribution in [-0.2, 0) is 13.3 Å². The Morgan fingerprint density at radius 1 is 1.03 bits per heavy atom. The van der Waals surface area contributed by atoms with Crippen LogP contribution in [0.1, 0.15) is 16.1 Å². The van der Waals surface area contributed by atoms with Crippen molar-refractivity contribution < 1.29 is 14.3 Å². The second kappa shape index (κ2) is 9.76. The van der Waals surface area contributed by atoms with E-state index in [2.05, 4.69) is 15.5 Å². The zero-order valence-electron chi connectivity index (χ0n) is 17.0. The predicted octanol–water partition coefficient (Wildman–Crippen LogP) is 4.73. The highest BCUT2D eigenvalue weighted by Crippen LogP contribution is 2.23. The van der Waals surface area contributed by atoms with Gasteiger partial charge < -0.3 is 14.8 Å². The van der Waals surface area contributed by atoms with Gasteiger partial charge in [0.25, 0.3) is 5.91 Å². The second-order valence-electron chi connectivity index (χ2n) is 6.82. The van der Waals surface area contributed by atoms with Gasteiger partial charge in [0.2, 0.25) is 0 Å². The van der Waals surface area contributed by atoms with Crippen molar-refractivity contribution in [3.63, 3.8) is 0 Å². The fraction of sp³-hybridized carbons (Fsp3) is 0.136. The molecule has 4 aromatic rings. The van der Waals surface area contributed by atoms with Crippen LogP contribution in [0.15, 0.2) is 67.1 Å². The summed E-state index contributed by atoms with van der Waals surface area (Å²) in [4.78, 5) is 12.5. The molecule has 0 unspecified atom stereocenters. The zero-order chi connectivity index (χ0) is 22.5. The molecule has 0 atom stereocenters. The molecule has 8 nitrogen and oxygen atoms in total. The van der Waals surface area contributed by atoms with Crippen LogP contribution in [0.2, 0.25) is 10.0 Å². The Labute approximate surface area is 194 Å². The minimum absolute atomic E-state index is 0.168. The van der Waals surface area contributed by atoms with Gasteiger partial charge in [-0.25, -0.2) is 4.68 Å². The third-order valence-corrected chi connectivity index (χ3v) is 5.25. The van der Waals surface area contributed by atoms with Crippen molar-refractivity contribution in [3.05, 3.63) is 88.4 Å². The minimum atomic E-state index is -0.345. The van der Waals surface area contributed by atoms with Crippen molar-refractivity contribution in [2.45, 2.75) is 13.3 Å². The van der Waals surface area contributed by atoms with E-state index in [0.29, 0.717) is 28.0 Å². The summed E-state index contributed by atoms with van der Waals surface area (Å²) < 4.78 is 14.0. The Balaban J connectivity index is 1.32. The number of amides is 1. The Hall–Kier alpha value is -3.49. The number of carbonyl (C=O) groups excluding carboxylic acids is 1. The SMILES string of the molecule is COc1ccc(OCn2ccc(C(=O)Nc3cnn(Cc4ccc(Cl)c(Cl)c4)c3)n2)cc1. The molecule has 164 valence electrons. The number of aromatic nitrogens is 4. The third kappa shape index (κ3) is 5.40. The summed E-state index contributed by atoms with van der Waals surface area (Å²) in [7, 11) is 1.60. The number of hydrogen-bond acceptors (Lipinski definition) is 5. The monoisotopic (exact) mass is 471 g/mol. The lowest BCUT2D eigenvalue weighted by Gasteiger charge is -2.07. The molecule has 0 aliphatic heterocycles. The van der Waals surface area contributed by atoms with E-state index < -0.39 is 0 Å². The van der Waals surface area contributed by atoms with E-state index in [4.69, 9.17) is 32.7 Å². The molecule has 2 heterocycles. The van der Waals surface area contributed by atoms with Crippen LogP contribution < -0.4 is 14.8 Å². The van der Waals surface area contributed by atoms with Crippen LogP contribution in [0.5, 0.6) is 11.5 Å². The number of ether oxygens (including phenoxy) is 2. The van der Waals surface area contributed by atoms with E-state index in [-0.39, 0.29) is 18.3 Å². The largest absolute Gasteiger partial charge is 0.497 e. The minimum Gasteiger partial charge on any atom is -0.497 e. The molecule has 0 aliphatic rings. The van der Waals surface area contributed by atoms with E-state index in [0.717, 1.165) is 11.3 Å². The maximum atomic E-state index is 12.5. The van der Waals surface area contributed by atoms with Crippen LogP contribution in [0.4, 0.5) is 5.69 Å². The normalized spacial score (nSPS) is 10.7. The van der Waals surface area contributed by atoms with E-state index in [1.807, 2.05) is 6.07 Å². The molecule has 0 spiro atoms. The number of nitrogens with one attached hydrogen (secondary N) is 1. The van der Waals surface area contributed by atoms with Crippen molar-refractivity contribution in [1.82, 2.24) is 19.6 Å². The van der Waals surface area contributed by atoms with Gasteiger partial charge in [0.15, 0.2) is 12.4 Å². The van der Waals surface area contributed by atoms with Crippen molar-refractivity contribution in [1.29, 1.82) is 0 Å². The molecule has 32 heavy (non-hydrogen) atoms. The first kappa shape index (κ1) is 21.7. The molecule has 10 heteroatoms. The van der Waals surface area contributed by atoms with E-state index in [1.165, 1.54) is 4.68 Å². The molecule has 4 rings (SSSR count). The Morgan fingerprint density at radius 2 is 1.81 bits per heavy atom. The number of carbonyl (C=O) groups is 1. The number of nitrogens with zero attached hydrogens (tertiary/aromatic N) is 4. The molecule has 1 N–H and O–H groups in total. The second-order valence-corrected chi connectivity index (χ2v) is 7.63. The predicted molar refractivity (Wildman–Crippen MR) is 122 cm³/mol. The van der Waals surface area contributed by atoms with Gasteiger partial charge in [-0.15, -0.1) is 0 Å². The average Bonchev–Trinajstić information content (AvgIpc) is 3.45. The molecule has 0 aliphatic carbocycles. The highest BCUT2D eigenvalue weighted by molar-refractivity contribution is 6.42. The summed E-state index contributed by atoms with van der Waals surface area (Å²) in [5.74, 6) is 1.07. The summed E-state index contributed by atoms with van der Waals surface area (Å²) in [6.07, 6.45) is 4.97. The van der Waals surface area contributed by atoms with Gasteiger partial charge in [0, 0.05) is 12.4 Å². The van der Waals surface area contributed by atoms with Gasteiger partial charge in [0.05, 0.1) is 35.6 Å². The van der Waals surface area contributed by atoms with Gasteiger partial charge in [0.1, 0.15) is 11.5 Å². The standard InChI is InChI=1S/C22H19Cl2N5O3/c1-31-17-3-5-18(6-4-17)32-14-28-9-8-21(27-28)22(30)26-16-11-25-29(13-16)12-15-2-7-19(23)20(24)10-15/h2-11,13H,12,14H2,1H3,(H,26,30). The van der Waals surface area contributed by atoms with Gasteiger partial charge in [-0.3, -0.25) is 9.48 Å². The zero-order valence-corrected chi connectivity index (χ0v) is 18.5. The van der Waals surface area contributed by atoms with Crippen molar-refractivity contribution in [2.75, 3.05) is 12.4 Å². The Kier molecular flexibility index (Phi) is 6.63. The number of halogens is 2. The number of benzene rings is 2. The maximum absolute atomic E-state index is 12.5. The van der Waals surface area contributed by atoms with Gasteiger partial charge >= 0.3 is 0 Å². The molecule has 0 saturated carbocycles. The molecular weight excluding hydrogens is 453 g/mol. The fourth-order valence-corrected chi connectivity index (χ4v) is 3.22. The lowest BCUT2D eigenvalue weighted by Crippen LogP contribution is -2.14. The van der Waals surface area contributed by atoms with E-state index >= 15 is 0 Å². The number of methoxy groups -OCH3 is 1. The average molecular weight is 472 g/mol. The Morgan fingerprint density at radius 3 is 2.56 bits per heavy atom. The van der Waals surface area contributed by atoms with Gasteiger partial charge in [-0.05, 0) is 48.0 Å². The Bertz CT molecular complexity index is 1220. The first-order valence-corrected chi connectivity index (χ1v) is 10.3. The molecule has 2 aromatic heterocycles. The summed E-state index contributed by atoms with van der Waals surface area (Å²) in [5, 5.41) is 12.3. The molecule has 2 aromatic carbocycles. The highest BCUT2D eigenvalue weighted by atomic mass is 35.5. The van der Waals surface area contributed by atoms with E-state index in [9.17, 15) is 4.79 Å². The lowest BCUT2D eigenvalue weighted by atomic mass is 10.2. The lowest BCUT2D eigenvalue weighted by molar-refractivity contribution is 0.102. The molecule has 0 bridgehead atoms. The van der Waals surface area contributed by atoms with Crippen LogP contribution in [0.25, 0.3) is 0 Å². The highest BCUT2D eigenvalue weighted by Gasteiger charge is 2.12. The van der Waals surface area contributed by atoms with Crippen LogP contribution in [0.3, 0.4) is 0 Å². The molecule has 0 saturated heterocycles. The maximum Gasteiger partial charge on any atom is 0.276 e. The molecule has 0 fully saturated rings. The van der Waals surface area contributed by atoms with Crippen molar-refractivity contribution in [3.8, 4) is 11.5 Å². The molecular formula is C22H19Cl2N5O3. The first-order chi connectivity index (χ1) is 15.5. The smallest absolute Gasteiger partial charge is 0.276 e. The van der Waals surface area contributed by atoms with Crippen LogP contribution >= 0.6 is 23.2 Å². The van der Waals surface area contributed by atoms with Gasteiger partial charge in [-0.1, -0.05) is 29.3 Å². The van der Waals surface area contributed by atoms with Crippen molar-refractivity contribution in [2.24, 2.45) is 0 Å². The summed E-state index contributed by atoms with van der Waals surface area (Å²) in [5.41, 5.74) is 1.76. The number of hydrogen-bond donors (Lipinski definition) is 1. The summed E-state index contributed by atoms with van der Waals surface area (Å²) >= 11 is 12.0. The quantitative estimate of drug-likeness (QED) is 0.401. The summed E-state index contributed by atoms with van der Waals surface area (Å²) in [6, 6.07) is 14.2. The third-order valence-electron chi connectivity index (χ3n) is 4.52. The van der Waals surface area contributed by atoms with Crippen LogP contribution in [0, 0.1) is 0 Å². The number of anilines is 1. The van der Waals surface area contributed by atoms with Crippen molar-refractivity contribution >= 4 is 34.8 Å². The topological polar surface area (TPSA) is 83.2 Å². The van der Waals surface area contributed by atoms with Gasteiger partial charge in [-0.2, -0.15) is 10.2 Å². The van der Waals surface area contributed by atoms with Crippen LogP contribution in [-0.4, -0.2) is 32.6 Å². The van der Waals surface area contributed by atoms with E-state index in [1.54, 1.807) is 72.8 Å².